The number of nitrogens with one attached hydrogen (secondary N) is 2. The molecule has 1 atom stereocenters. The zero-order valence-corrected chi connectivity index (χ0v) is 19.2. The van der Waals surface area contributed by atoms with E-state index in [9.17, 15) is 14.4 Å². The van der Waals surface area contributed by atoms with Crippen LogP contribution < -0.4 is 15.4 Å². The molecule has 174 valence electrons. The van der Waals surface area contributed by atoms with E-state index in [-0.39, 0.29) is 13.0 Å². The number of carbonyl (C=O) groups is 3. The Hall–Kier alpha value is -4.13. The molecule has 1 aliphatic rings. The molecule has 1 aliphatic heterocycles. The predicted octanol–water partition coefficient (Wildman–Crippen LogP) is 3.45. The normalized spacial score (nSPS) is 17.6. The first-order valence-electron chi connectivity index (χ1n) is 11.1. The second-order valence-electron chi connectivity index (χ2n) is 8.46. The molecule has 2 N–H and O–H groups in total. The summed E-state index contributed by atoms with van der Waals surface area (Å²) in [6.45, 7) is 1.29. The minimum atomic E-state index is -1.18. The van der Waals surface area contributed by atoms with Gasteiger partial charge >= 0.3 is 6.03 Å². The molecular formula is C27H27N3O4. The van der Waals surface area contributed by atoms with E-state index in [0.717, 1.165) is 21.6 Å². The summed E-state index contributed by atoms with van der Waals surface area (Å²) in [7, 11) is 1.56. The van der Waals surface area contributed by atoms with Crippen LogP contribution in [0.1, 0.15) is 29.7 Å². The minimum Gasteiger partial charge on any atom is -0.496 e. The number of ether oxygens (including phenoxy) is 1. The quantitative estimate of drug-likeness (QED) is 0.507. The number of nitrogens with zero attached hydrogens (tertiary/aromatic N) is 1. The van der Waals surface area contributed by atoms with Crippen molar-refractivity contribution in [1.82, 2.24) is 15.5 Å². The average molecular weight is 458 g/mol. The summed E-state index contributed by atoms with van der Waals surface area (Å²) in [6.07, 6.45) is 0.246. The van der Waals surface area contributed by atoms with Crippen LogP contribution >= 0.6 is 0 Å². The van der Waals surface area contributed by atoms with Crippen LogP contribution in [0.5, 0.6) is 5.75 Å². The number of para-hydroxylation sites is 1. The van der Waals surface area contributed by atoms with Crippen molar-refractivity contribution < 1.29 is 19.1 Å². The Morgan fingerprint density at radius 3 is 2.09 bits per heavy atom. The lowest BCUT2D eigenvalue weighted by atomic mass is 9.92. The van der Waals surface area contributed by atoms with Crippen LogP contribution in [0.4, 0.5) is 4.79 Å². The zero-order chi connectivity index (χ0) is 24.1. The third-order valence-corrected chi connectivity index (χ3v) is 5.95. The molecule has 0 aliphatic carbocycles. The topological polar surface area (TPSA) is 87.7 Å². The van der Waals surface area contributed by atoms with Crippen molar-refractivity contribution in [2.45, 2.75) is 24.9 Å². The van der Waals surface area contributed by atoms with E-state index < -0.39 is 29.4 Å². The maximum Gasteiger partial charge on any atom is 0.325 e. The molecule has 0 unspecified atom stereocenters. The van der Waals surface area contributed by atoms with E-state index in [4.69, 9.17) is 4.74 Å². The second-order valence-corrected chi connectivity index (χ2v) is 8.46. The number of urea groups is 1. The summed E-state index contributed by atoms with van der Waals surface area (Å²) in [5.41, 5.74) is 1.42. The van der Waals surface area contributed by atoms with Crippen molar-refractivity contribution in [3.63, 3.8) is 0 Å². The Balaban J connectivity index is 1.50. The molecule has 1 heterocycles. The van der Waals surface area contributed by atoms with Crippen molar-refractivity contribution in [1.29, 1.82) is 0 Å². The highest BCUT2D eigenvalue weighted by Gasteiger charge is 2.48. The smallest absolute Gasteiger partial charge is 0.325 e. The van der Waals surface area contributed by atoms with Crippen molar-refractivity contribution in [2.75, 3.05) is 13.7 Å². The summed E-state index contributed by atoms with van der Waals surface area (Å²) in [5.74, 6) is -0.243. The molecule has 0 spiro atoms. The molecule has 1 saturated heterocycles. The Morgan fingerprint density at radius 1 is 0.941 bits per heavy atom. The van der Waals surface area contributed by atoms with Crippen molar-refractivity contribution >= 4 is 17.8 Å². The Bertz CT molecular complexity index is 1140. The van der Waals surface area contributed by atoms with Gasteiger partial charge < -0.3 is 15.4 Å². The second kappa shape index (κ2) is 9.79. The summed E-state index contributed by atoms with van der Waals surface area (Å²) in [6, 6.07) is 25.5. The number of carbonyl (C=O) groups excluding carboxylic acids is 3. The lowest BCUT2D eigenvalue weighted by molar-refractivity contribution is -0.134. The molecule has 3 aromatic carbocycles. The highest BCUT2D eigenvalue weighted by atomic mass is 16.5. The molecule has 3 aromatic rings. The van der Waals surface area contributed by atoms with Gasteiger partial charge in [-0.2, -0.15) is 0 Å². The summed E-state index contributed by atoms with van der Waals surface area (Å²) in [4.78, 5) is 39.9. The predicted molar refractivity (Wildman–Crippen MR) is 128 cm³/mol. The average Bonchev–Trinajstić information content (AvgIpc) is 3.06. The van der Waals surface area contributed by atoms with Gasteiger partial charge in [0.15, 0.2) is 0 Å². The molecule has 1 fully saturated rings. The van der Waals surface area contributed by atoms with E-state index >= 15 is 0 Å². The van der Waals surface area contributed by atoms with E-state index in [1.165, 1.54) is 0 Å². The largest absolute Gasteiger partial charge is 0.496 e. The van der Waals surface area contributed by atoms with Gasteiger partial charge in [-0.15, -0.1) is 0 Å². The van der Waals surface area contributed by atoms with Gasteiger partial charge in [-0.25, -0.2) is 4.79 Å². The van der Waals surface area contributed by atoms with Crippen LogP contribution in [0.3, 0.4) is 0 Å². The molecule has 0 bridgehead atoms. The maximum absolute atomic E-state index is 13.2. The first-order chi connectivity index (χ1) is 16.4. The van der Waals surface area contributed by atoms with Crippen LogP contribution in [0.25, 0.3) is 0 Å². The van der Waals surface area contributed by atoms with Gasteiger partial charge in [0.25, 0.3) is 5.91 Å². The molecule has 0 radical (unpaired) electrons. The minimum absolute atomic E-state index is 0.246. The van der Waals surface area contributed by atoms with Crippen molar-refractivity contribution in [3.05, 3.63) is 102 Å². The van der Waals surface area contributed by atoms with Crippen LogP contribution in [0.2, 0.25) is 0 Å². The third-order valence-electron chi connectivity index (χ3n) is 5.95. The third kappa shape index (κ3) is 4.78. The fraction of sp³-hybridized carbons (Fsp3) is 0.222. The van der Waals surface area contributed by atoms with E-state index in [1.54, 1.807) is 20.1 Å². The Kier molecular flexibility index (Phi) is 6.63. The van der Waals surface area contributed by atoms with Gasteiger partial charge in [-0.05, 0) is 29.7 Å². The lowest BCUT2D eigenvalue weighted by Crippen LogP contribution is -2.47. The van der Waals surface area contributed by atoms with Crippen molar-refractivity contribution in [2.24, 2.45) is 0 Å². The molecule has 4 amide bonds. The number of hydrogen-bond acceptors (Lipinski definition) is 4. The van der Waals surface area contributed by atoms with Gasteiger partial charge in [0.2, 0.25) is 5.91 Å². The summed E-state index contributed by atoms with van der Waals surface area (Å²) < 4.78 is 5.38. The molecule has 0 aromatic heterocycles. The van der Waals surface area contributed by atoms with Crippen LogP contribution in [0.15, 0.2) is 84.9 Å². The number of amides is 4. The van der Waals surface area contributed by atoms with Gasteiger partial charge in [0.05, 0.1) is 13.2 Å². The van der Waals surface area contributed by atoms with Crippen molar-refractivity contribution in [3.8, 4) is 5.75 Å². The number of rotatable bonds is 8. The molecular weight excluding hydrogens is 430 g/mol. The molecule has 34 heavy (non-hydrogen) atoms. The van der Waals surface area contributed by atoms with Gasteiger partial charge in [0, 0.05) is 6.42 Å². The monoisotopic (exact) mass is 457 g/mol. The number of methoxy groups -OCH3 is 1. The van der Waals surface area contributed by atoms with Crippen LogP contribution in [0, 0.1) is 0 Å². The lowest BCUT2D eigenvalue weighted by Gasteiger charge is -2.23. The summed E-state index contributed by atoms with van der Waals surface area (Å²) >= 11 is 0. The highest BCUT2D eigenvalue weighted by molar-refractivity contribution is 6.09. The van der Waals surface area contributed by atoms with E-state index in [2.05, 4.69) is 10.6 Å². The Morgan fingerprint density at radius 2 is 1.50 bits per heavy atom. The Labute approximate surface area is 198 Å². The number of imide groups is 1. The first kappa shape index (κ1) is 23.0. The van der Waals surface area contributed by atoms with Gasteiger partial charge in [0.1, 0.15) is 17.8 Å². The first-order valence-corrected chi connectivity index (χ1v) is 11.1. The van der Waals surface area contributed by atoms with Gasteiger partial charge in [-0.3, -0.25) is 14.5 Å². The fourth-order valence-corrected chi connectivity index (χ4v) is 4.24. The number of benzene rings is 3. The molecule has 7 heteroatoms. The van der Waals surface area contributed by atoms with Gasteiger partial charge in [-0.1, -0.05) is 78.9 Å². The zero-order valence-electron chi connectivity index (χ0n) is 19.2. The summed E-state index contributed by atoms with van der Waals surface area (Å²) in [5, 5.41) is 5.73. The van der Waals surface area contributed by atoms with E-state index in [1.807, 2.05) is 78.9 Å². The fourth-order valence-electron chi connectivity index (χ4n) is 4.24. The SMILES string of the molecule is COc1ccccc1C[C@@]1(C)NC(=O)N(CC(=O)NC(c2ccccc2)c2ccccc2)C1=O. The standard InChI is InChI=1S/C27H27N3O4/c1-27(17-21-15-9-10-16-22(21)34-2)25(32)30(26(33)29-27)18-23(31)28-24(19-11-5-3-6-12-19)20-13-7-4-8-14-20/h3-16,24H,17-18H2,1-2H3,(H,28,31)(H,29,33)/t27-/m1/s1. The number of hydrogen-bond donors (Lipinski definition) is 2. The molecule has 7 nitrogen and oxygen atoms in total. The van der Waals surface area contributed by atoms with E-state index in [0.29, 0.717) is 5.75 Å². The van der Waals surface area contributed by atoms with Crippen LogP contribution in [-0.2, 0) is 16.0 Å². The highest BCUT2D eigenvalue weighted by Crippen LogP contribution is 2.27. The maximum atomic E-state index is 13.2. The molecule has 0 saturated carbocycles. The molecule has 4 rings (SSSR count). The van der Waals surface area contributed by atoms with Crippen LogP contribution in [-0.4, -0.2) is 41.9 Å².